The van der Waals surface area contributed by atoms with Crippen LogP contribution in [0.15, 0.2) is 97.1 Å². The molecule has 0 unspecified atom stereocenters. The van der Waals surface area contributed by atoms with E-state index in [0.717, 1.165) is 0 Å². The summed E-state index contributed by atoms with van der Waals surface area (Å²) in [6.45, 7) is 4.60. The Labute approximate surface area is 390 Å². The molecule has 0 atom stereocenters. The van der Waals surface area contributed by atoms with Crippen molar-refractivity contribution in [3.8, 4) is 19.5 Å². The Kier molecular flexibility index (Phi) is 19.2. The molecule has 0 aliphatic rings. The van der Waals surface area contributed by atoms with Crippen LogP contribution in [0.3, 0.4) is 0 Å². The summed E-state index contributed by atoms with van der Waals surface area (Å²) in [4.78, 5) is 11.2. The van der Waals surface area contributed by atoms with E-state index in [1.807, 2.05) is 45.3 Å². The van der Waals surface area contributed by atoms with Gasteiger partial charge in [0.05, 0.1) is 0 Å². The summed E-state index contributed by atoms with van der Waals surface area (Å²) in [5.74, 6) is 0. The van der Waals surface area contributed by atoms with Gasteiger partial charge >= 0.3 is 0 Å². The second-order valence-electron chi connectivity index (χ2n) is 17.4. The molecule has 7 rings (SSSR count). The first-order chi connectivity index (χ1) is 30.7. The van der Waals surface area contributed by atoms with Crippen LogP contribution in [0.4, 0.5) is 0 Å². The maximum atomic E-state index is 2.37. The molecule has 0 radical (unpaired) electrons. The molecule has 3 aromatic carbocycles. The number of hydrogen-bond donors (Lipinski definition) is 0. The Morgan fingerprint density at radius 3 is 0.968 bits per heavy atom. The molecule has 0 nitrogen and oxygen atoms in total. The van der Waals surface area contributed by atoms with Crippen LogP contribution in [0.25, 0.3) is 65.4 Å². The van der Waals surface area contributed by atoms with Crippen LogP contribution in [0.2, 0.25) is 0 Å². The fourth-order valence-corrected chi connectivity index (χ4v) is 13.0. The zero-order chi connectivity index (χ0) is 42.6. The van der Waals surface area contributed by atoms with Gasteiger partial charge in [-0.25, -0.2) is 0 Å². The lowest BCUT2D eigenvalue weighted by Gasteiger charge is -2.13. The number of rotatable bonds is 28. The van der Waals surface area contributed by atoms with Gasteiger partial charge in [-0.05, 0) is 119 Å². The highest BCUT2D eigenvalue weighted by atomic mass is 32.1. The molecule has 4 heteroatoms. The van der Waals surface area contributed by atoms with E-state index in [0.29, 0.717) is 0 Å². The van der Waals surface area contributed by atoms with Gasteiger partial charge in [0.25, 0.3) is 0 Å². The maximum Gasteiger partial charge on any atom is 0.0449 e. The van der Waals surface area contributed by atoms with Crippen molar-refractivity contribution in [1.82, 2.24) is 0 Å². The normalized spacial score (nSPS) is 12.0. The van der Waals surface area contributed by atoms with Gasteiger partial charge in [0.1, 0.15) is 0 Å². The van der Waals surface area contributed by atoms with Crippen LogP contribution in [-0.2, 0) is 12.8 Å². The van der Waals surface area contributed by atoms with E-state index < -0.39 is 0 Å². The van der Waals surface area contributed by atoms with Crippen molar-refractivity contribution in [2.75, 3.05) is 0 Å². The van der Waals surface area contributed by atoms with Crippen LogP contribution in [-0.4, -0.2) is 0 Å². The number of hydrogen-bond acceptors (Lipinski definition) is 4. The molecule has 0 fully saturated rings. The molecule has 62 heavy (non-hydrogen) atoms. The average Bonchev–Trinajstić information content (AvgIpc) is 4.15. The predicted octanol–water partition coefficient (Wildman–Crippen LogP) is 20.8. The molecule has 7 aromatic rings. The van der Waals surface area contributed by atoms with Gasteiger partial charge in [0.15, 0.2) is 0 Å². The van der Waals surface area contributed by atoms with E-state index in [1.54, 1.807) is 0 Å². The van der Waals surface area contributed by atoms with E-state index in [2.05, 4.69) is 135 Å². The lowest BCUT2D eigenvalue weighted by atomic mass is 9.91. The van der Waals surface area contributed by atoms with Crippen molar-refractivity contribution < 1.29 is 0 Å². The first kappa shape index (κ1) is 46.5. The third-order valence-corrected chi connectivity index (χ3v) is 17.2. The molecule has 0 saturated heterocycles. The summed E-state index contributed by atoms with van der Waals surface area (Å²) in [7, 11) is 0. The molecule has 0 saturated carbocycles. The smallest absolute Gasteiger partial charge is 0.0449 e. The second-order valence-corrected chi connectivity index (χ2v) is 22.0. The van der Waals surface area contributed by atoms with E-state index in [1.165, 1.54) is 213 Å². The average molecular weight is 895 g/mol. The second kappa shape index (κ2) is 25.7. The number of fused-ring (bicyclic) bond motifs is 2. The van der Waals surface area contributed by atoms with Crippen molar-refractivity contribution in [1.29, 1.82) is 0 Å². The summed E-state index contributed by atoms with van der Waals surface area (Å²) >= 11 is 7.79. The molecule has 0 spiro atoms. The lowest BCUT2D eigenvalue weighted by molar-refractivity contribution is 0.557. The van der Waals surface area contributed by atoms with Crippen LogP contribution >= 0.6 is 45.3 Å². The topological polar surface area (TPSA) is 0 Å². The number of aryl methyl sites for hydroxylation is 2. The van der Waals surface area contributed by atoms with Crippen LogP contribution in [0, 0.1) is 0 Å². The summed E-state index contributed by atoms with van der Waals surface area (Å²) in [6.07, 6.45) is 39.7. The lowest BCUT2D eigenvalue weighted by Crippen LogP contribution is -1.88. The molecule has 0 aliphatic carbocycles. The first-order valence-electron chi connectivity index (χ1n) is 24.4. The standard InChI is InChI=1S/C58H70S4/c1-3-5-7-9-11-13-15-17-19-21-27-45-35-41-55(59-45)57-43-37-47(61-57)33-39-53-49-29-23-25-31-51(49)54(52-32-26-24-30-50(52)53)40-34-48-38-44-58(62-48)56-42-36-46(60-56)28-22-20-18-16-14-12-10-8-6-4-2/h23-26,29-44H,3-22,27-28H2,1-2H3/b39-33+,40-34+. The van der Waals surface area contributed by atoms with Crippen LogP contribution in [0.1, 0.15) is 173 Å². The number of thiophene rings is 4. The van der Waals surface area contributed by atoms with E-state index in [4.69, 9.17) is 0 Å². The minimum atomic E-state index is 1.22. The highest BCUT2D eigenvalue weighted by Crippen LogP contribution is 2.39. The van der Waals surface area contributed by atoms with E-state index >= 15 is 0 Å². The molecule has 0 N–H and O–H groups in total. The molecular weight excluding hydrogens is 825 g/mol. The molecule has 4 aromatic heterocycles. The Hall–Kier alpha value is -3.54. The minimum Gasteiger partial charge on any atom is -0.139 e. The third-order valence-electron chi connectivity index (χ3n) is 12.5. The SMILES string of the molecule is CCCCCCCCCCCCc1ccc(-c2ccc(/C=C/c3c4ccccc4c(/C=C/c4ccc(-c5ccc(CCCCCCCCCCCC)s5)s4)c4ccccc34)s2)s1. The van der Waals surface area contributed by atoms with Crippen molar-refractivity contribution in [2.45, 2.75) is 155 Å². The largest absolute Gasteiger partial charge is 0.139 e. The Morgan fingerprint density at radius 2 is 0.613 bits per heavy atom. The van der Waals surface area contributed by atoms with Crippen molar-refractivity contribution in [3.63, 3.8) is 0 Å². The van der Waals surface area contributed by atoms with Crippen molar-refractivity contribution >= 4 is 91.2 Å². The van der Waals surface area contributed by atoms with Gasteiger partial charge in [-0.3, -0.25) is 0 Å². The molecule has 0 aliphatic heterocycles. The van der Waals surface area contributed by atoms with Crippen molar-refractivity contribution in [2.24, 2.45) is 0 Å². The Bertz CT molecular complexity index is 2200. The highest BCUT2D eigenvalue weighted by molar-refractivity contribution is 7.23. The van der Waals surface area contributed by atoms with Crippen LogP contribution < -0.4 is 0 Å². The monoisotopic (exact) mass is 894 g/mol. The fourth-order valence-electron chi connectivity index (χ4n) is 8.90. The third kappa shape index (κ3) is 13.7. The summed E-state index contributed by atoms with van der Waals surface area (Å²) in [5, 5.41) is 5.20. The molecule has 326 valence electrons. The Balaban J connectivity index is 0.954. The fraction of sp³-hybridized carbons (Fsp3) is 0.414. The minimum absolute atomic E-state index is 1.22. The number of unbranched alkanes of at least 4 members (excludes halogenated alkanes) is 18. The summed E-state index contributed by atoms with van der Waals surface area (Å²) in [6, 6.07) is 36.6. The van der Waals surface area contributed by atoms with Gasteiger partial charge in [-0.15, -0.1) is 45.3 Å². The van der Waals surface area contributed by atoms with Gasteiger partial charge in [-0.2, -0.15) is 0 Å². The molecule has 0 bridgehead atoms. The van der Waals surface area contributed by atoms with Gasteiger partial charge in [0.2, 0.25) is 0 Å². The van der Waals surface area contributed by atoms with Gasteiger partial charge < -0.3 is 0 Å². The summed E-state index contributed by atoms with van der Waals surface area (Å²) in [5.41, 5.74) is 2.59. The van der Waals surface area contributed by atoms with E-state index in [9.17, 15) is 0 Å². The predicted molar refractivity (Wildman–Crippen MR) is 286 cm³/mol. The number of benzene rings is 3. The van der Waals surface area contributed by atoms with Gasteiger partial charge in [0, 0.05) is 39.0 Å². The van der Waals surface area contributed by atoms with Crippen LogP contribution in [0.5, 0.6) is 0 Å². The molecule has 4 heterocycles. The quantitative estimate of drug-likeness (QED) is 0.0339. The van der Waals surface area contributed by atoms with E-state index in [-0.39, 0.29) is 0 Å². The zero-order valence-corrected chi connectivity index (χ0v) is 41.0. The summed E-state index contributed by atoms with van der Waals surface area (Å²) < 4.78 is 0. The highest BCUT2D eigenvalue weighted by Gasteiger charge is 2.12. The maximum absolute atomic E-state index is 2.37. The molecular formula is C58H70S4. The zero-order valence-electron chi connectivity index (χ0n) is 37.7. The van der Waals surface area contributed by atoms with Gasteiger partial charge in [-0.1, -0.05) is 190 Å². The molecule has 0 amide bonds. The first-order valence-corrected chi connectivity index (χ1v) is 27.6. The van der Waals surface area contributed by atoms with Crippen molar-refractivity contribution in [3.05, 3.63) is 128 Å². The Morgan fingerprint density at radius 1 is 0.306 bits per heavy atom.